The Morgan fingerprint density at radius 1 is 1.11 bits per heavy atom. The molecule has 6 heteroatoms. The van der Waals surface area contributed by atoms with E-state index in [1.165, 1.54) is 0 Å². The standard InChI is InChI=1S/C13H22N4O2/c18-12-2-1-10(7-15-12)13(19)17-5-3-16(4-6-17)11-8-14-9-11/h10-11,14H,1-9H2,(H,15,18). The average molecular weight is 266 g/mol. The van der Waals surface area contributed by atoms with E-state index in [0.717, 1.165) is 39.3 Å². The van der Waals surface area contributed by atoms with Gasteiger partial charge >= 0.3 is 0 Å². The van der Waals surface area contributed by atoms with Gasteiger partial charge in [-0.1, -0.05) is 0 Å². The van der Waals surface area contributed by atoms with Crippen LogP contribution < -0.4 is 10.6 Å². The van der Waals surface area contributed by atoms with Gasteiger partial charge in [0.1, 0.15) is 0 Å². The zero-order chi connectivity index (χ0) is 13.2. The quantitative estimate of drug-likeness (QED) is 0.647. The van der Waals surface area contributed by atoms with Crippen LogP contribution in [0.4, 0.5) is 0 Å². The van der Waals surface area contributed by atoms with E-state index in [-0.39, 0.29) is 17.7 Å². The maximum Gasteiger partial charge on any atom is 0.227 e. The summed E-state index contributed by atoms with van der Waals surface area (Å²) in [6.07, 6.45) is 1.20. The summed E-state index contributed by atoms with van der Waals surface area (Å²) in [5.74, 6) is 0.298. The Labute approximate surface area is 113 Å². The van der Waals surface area contributed by atoms with Crippen molar-refractivity contribution in [3.8, 4) is 0 Å². The van der Waals surface area contributed by atoms with Crippen LogP contribution in [0.15, 0.2) is 0 Å². The Bertz CT molecular complexity index is 352. The molecule has 3 rings (SSSR count). The van der Waals surface area contributed by atoms with Crippen LogP contribution in [0.5, 0.6) is 0 Å². The van der Waals surface area contributed by atoms with Crippen LogP contribution in [0.3, 0.4) is 0 Å². The lowest BCUT2D eigenvalue weighted by molar-refractivity contribution is -0.139. The fourth-order valence-corrected chi connectivity index (χ4v) is 3.04. The van der Waals surface area contributed by atoms with Gasteiger partial charge < -0.3 is 15.5 Å². The second-order valence-electron chi connectivity index (χ2n) is 5.71. The minimum absolute atomic E-state index is 0.00498. The van der Waals surface area contributed by atoms with Crippen molar-refractivity contribution in [2.75, 3.05) is 45.8 Å². The van der Waals surface area contributed by atoms with Gasteiger partial charge in [0.15, 0.2) is 0 Å². The minimum atomic E-state index is -0.00498. The third kappa shape index (κ3) is 2.74. The highest BCUT2D eigenvalue weighted by atomic mass is 16.2. The molecular weight excluding hydrogens is 244 g/mol. The minimum Gasteiger partial charge on any atom is -0.355 e. The molecule has 0 aromatic carbocycles. The number of piperidine rings is 1. The van der Waals surface area contributed by atoms with Crippen molar-refractivity contribution < 1.29 is 9.59 Å². The molecule has 3 heterocycles. The lowest BCUT2D eigenvalue weighted by Crippen LogP contribution is -2.62. The lowest BCUT2D eigenvalue weighted by atomic mass is 9.97. The first kappa shape index (κ1) is 12.9. The summed E-state index contributed by atoms with van der Waals surface area (Å²) < 4.78 is 0. The fraction of sp³-hybridized carbons (Fsp3) is 0.846. The van der Waals surface area contributed by atoms with Crippen LogP contribution in [0.1, 0.15) is 12.8 Å². The number of amides is 2. The van der Waals surface area contributed by atoms with Crippen LogP contribution in [0, 0.1) is 5.92 Å². The zero-order valence-corrected chi connectivity index (χ0v) is 11.2. The van der Waals surface area contributed by atoms with Crippen molar-refractivity contribution in [1.82, 2.24) is 20.4 Å². The number of carbonyl (C=O) groups excluding carboxylic acids is 2. The Kier molecular flexibility index (Phi) is 3.70. The van der Waals surface area contributed by atoms with E-state index in [0.29, 0.717) is 25.4 Å². The highest BCUT2D eigenvalue weighted by Gasteiger charge is 2.32. The Hall–Kier alpha value is -1.14. The van der Waals surface area contributed by atoms with Crippen LogP contribution in [0.2, 0.25) is 0 Å². The SMILES string of the molecule is O=C1CCC(C(=O)N2CCN(C3CNC3)CC2)CN1. The number of carbonyl (C=O) groups is 2. The smallest absolute Gasteiger partial charge is 0.227 e. The van der Waals surface area contributed by atoms with Gasteiger partial charge in [-0.15, -0.1) is 0 Å². The Morgan fingerprint density at radius 2 is 1.84 bits per heavy atom. The maximum absolute atomic E-state index is 12.4. The molecule has 1 unspecified atom stereocenters. The number of nitrogens with one attached hydrogen (secondary N) is 2. The predicted octanol–water partition coefficient (Wildman–Crippen LogP) is -1.37. The van der Waals surface area contributed by atoms with E-state index in [1.54, 1.807) is 0 Å². The van der Waals surface area contributed by atoms with E-state index in [4.69, 9.17) is 0 Å². The van der Waals surface area contributed by atoms with Crippen LogP contribution in [-0.2, 0) is 9.59 Å². The fourth-order valence-electron chi connectivity index (χ4n) is 3.04. The maximum atomic E-state index is 12.4. The molecule has 3 saturated heterocycles. The van der Waals surface area contributed by atoms with Crippen molar-refractivity contribution in [3.05, 3.63) is 0 Å². The topological polar surface area (TPSA) is 64.7 Å². The second-order valence-corrected chi connectivity index (χ2v) is 5.71. The van der Waals surface area contributed by atoms with Gasteiger partial charge in [0.25, 0.3) is 0 Å². The molecule has 0 aromatic rings. The molecule has 3 aliphatic heterocycles. The summed E-state index contributed by atoms with van der Waals surface area (Å²) in [5.41, 5.74) is 0. The number of rotatable bonds is 2. The van der Waals surface area contributed by atoms with Gasteiger partial charge in [-0.25, -0.2) is 0 Å². The van der Waals surface area contributed by atoms with Crippen LogP contribution >= 0.6 is 0 Å². The number of hydrogen-bond acceptors (Lipinski definition) is 4. The largest absolute Gasteiger partial charge is 0.355 e. The van der Waals surface area contributed by atoms with Gasteiger partial charge in [0.2, 0.25) is 11.8 Å². The van der Waals surface area contributed by atoms with Gasteiger partial charge in [0.05, 0.1) is 5.92 Å². The monoisotopic (exact) mass is 266 g/mol. The molecule has 0 aliphatic carbocycles. The number of nitrogens with zero attached hydrogens (tertiary/aromatic N) is 2. The summed E-state index contributed by atoms with van der Waals surface area (Å²) in [6.45, 7) is 6.32. The molecule has 3 aliphatic rings. The molecular formula is C13H22N4O2. The third-order valence-electron chi connectivity index (χ3n) is 4.52. The van der Waals surface area contributed by atoms with E-state index in [2.05, 4.69) is 15.5 Å². The van der Waals surface area contributed by atoms with Gasteiger partial charge in [0, 0.05) is 58.3 Å². The lowest BCUT2D eigenvalue weighted by Gasteiger charge is -2.44. The average Bonchev–Trinajstić information content (AvgIpc) is 2.38. The second kappa shape index (κ2) is 5.46. The molecule has 19 heavy (non-hydrogen) atoms. The van der Waals surface area contributed by atoms with E-state index < -0.39 is 0 Å². The molecule has 6 nitrogen and oxygen atoms in total. The predicted molar refractivity (Wildman–Crippen MR) is 70.5 cm³/mol. The molecule has 1 atom stereocenters. The molecule has 0 saturated carbocycles. The van der Waals surface area contributed by atoms with E-state index in [1.807, 2.05) is 4.90 Å². The molecule has 0 bridgehead atoms. The summed E-state index contributed by atoms with van der Waals surface area (Å²) in [6, 6.07) is 0.672. The Balaban J connectivity index is 1.47. The van der Waals surface area contributed by atoms with Crippen molar-refractivity contribution in [1.29, 1.82) is 0 Å². The first-order valence-corrected chi connectivity index (χ1v) is 7.24. The molecule has 3 fully saturated rings. The van der Waals surface area contributed by atoms with Gasteiger partial charge in [-0.3, -0.25) is 14.5 Å². The summed E-state index contributed by atoms with van der Waals surface area (Å²) >= 11 is 0. The molecule has 106 valence electrons. The van der Waals surface area contributed by atoms with Gasteiger partial charge in [-0.2, -0.15) is 0 Å². The molecule has 0 radical (unpaired) electrons. The molecule has 2 N–H and O–H groups in total. The van der Waals surface area contributed by atoms with Crippen molar-refractivity contribution >= 4 is 11.8 Å². The highest BCUT2D eigenvalue weighted by Crippen LogP contribution is 2.16. The zero-order valence-electron chi connectivity index (χ0n) is 11.2. The van der Waals surface area contributed by atoms with Crippen molar-refractivity contribution in [2.45, 2.75) is 18.9 Å². The first-order chi connectivity index (χ1) is 9.24. The number of hydrogen-bond donors (Lipinski definition) is 2. The molecule has 2 amide bonds. The van der Waals surface area contributed by atoms with Crippen LogP contribution in [-0.4, -0.2) is 73.5 Å². The normalized spacial score (nSPS) is 29.8. The van der Waals surface area contributed by atoms with Crippen molar-refractivity contribution in [2.24, 2.45) is 5.92 Å². The van der Waals surface area contributed by atoms with E-state index in [9.17, 15) is 9.59 Å². The third-order valence-corrected chi connectivity index (χ3v) is 4.52. The molecule has 0 spiro atoms. The summed E-state index contributed by atoms with van der Waals surface area (Å²) in [5, 5.41) is 6.08. The molecule has 0 aromatic heterocycles. The number of piperazine rings is 1. The highest BCUT2D eigenvalue weighted by molar-refractivity contribution is 5.83. The summed E-state index contributed by atoms with van der Waals surface area (Å²) in [4.78, 5) is 27.9. The van der Waals surface area contributed by atoms with Crippen molar-refractivity contribution in [3.63, 3.8) is 0 Å². The van der Waals surface area contributed by atoms with Gasteiger partial charge in [-0.05, 0) is 6.42 Å². The Morgan fingerprint density at radius 3 is 2.37 bits per heavy atom. The van der Waals surface area contributed by atoms with Crippen LogP contribution in [0.25, 0.3) is 0 Å². The van der Waals surface area contributed by atoms with E-state index >= 15 is 0 Å². The summed E-state index contributed by atoms with van der Waals surface area (Å²) in [7, 11) is 0. The first-order valence-electron chi connectivity index (χ1n) is 7.24.